The number of rotatable bonds is 6. The lowest BCUT2D eigenvalue weighted by Gasteiger charge is -2.28. The van der Waals surface area contributed by atoms with E-state index in [4.69, 9.17) is 4.74 Å². The van der Waals surface area contributed by atoms with E-state index < -0.39 is 0 Å². The Kier molecular flexibility index (Phi) is 4.88. The molecule has 5 rings (SSSR count). The van der Waals surface area contributed by atoms with Crippen LogP contribution >= 0.6 is 0 Å². The molecule has 4 heterocycles. The van der Waals surface area contributed by atoms with Crippen LogP contribution in [-0.2, 0) is 9.53 Å². The molecule has 3 aliphatic rings. The molecule has 1 amide bonds. The van der Waals surface area contributed by atoms with Crippen LogP contribution in [0.15, 0.2) is 24.4 Å². The number of ether oxygens (including phenoxy) is 1. The SMILES string of the molecule is O=C(Nc1cc(C2=CCN(CCN3CCOCC3)C2)c2cc[nH]c2n1)C1CC1. The minimum atomic E-state index is 0.0943. The Labute approximate surface area is 164 Å². The van der Waals surface area contributed by atoms with Crippen LogP contribution in [0.1, 0.15) is 18.4 Å². The van der Waals surface area contributed by atoms with E-state index in [1.807, 2.05) is 12.3 Å². The summed E-state index contributed by atoms with van der Waals surface area (Å²) in [4.78, 5) is 24.9. The van der Waals surface area contributed by atoms with Crippen LogP contribution < -0.4 is 5.32 Å². The zero-order valence-electron chi connectivity index (χ0n) is 16.1. The number of pyridine rings is 1. The lowest BCUT2D eigenvalue weighted by atomic mass is 10.0. The molecule has 0 radical (unpaired) electrons. The highest BCUT2D eigenvalue weighted by Crippen LogP contribution is 2.32. The summed E-state index contributed by atoms with van der Waals surface area (Å²) in [7, 11) is 0. The Morgan fingerprint density at radius 2 is 2.07 bits per heavy atom. The third-order valence-corrected chi connectivity index (χ3v) is 5.90. The normalized spacial score (nSPS) is 21.2. The summed E-state index contributed by atoms with van der Waals surface area (Å²) < 4.78 is 5.43. The van der Waals surface area contributed by atoms with Crippen molar-refractivity contribution >= 4 is 28.3 Å². The number of hydrogen-bond donors (Lipinski definition) is 2. The monoisotopic (exact) mass is 381 g/mol. The number of aromatic amines is 1. The van der Waals surface area contributed by atoms with Crippen molar-refractivity contribution in [1.82, 2.24) is 19.8 Å². The van der Waals surface area contributed by atoms with Crippen molar-refractivity contribution in [2.24, 2.45) is 5.92 Å². The summed E-state index contributed by atoms with van der Waals surface area (Å²) in [6.45, 7) is 7.82. The van der Waals surface area contributed by atoms with Crippen molar-refractivity contribution < 1.29 is 9.53 Å². The first-order chi connectivity index (χ1) is 13.8. The largest absolute Gasteiger partial charge is 0.379 e. The molecule has 0 bridgehead atoms. The Morgan fingerprint density at radius 1 is 1.25 bits per heavy atom. The summed E-state index contributed by atoms with van der Waals surface area (Å²) in [5.74, 6) is 0.914. The molecule has 0 spiro atoms. The Hall–Kier alpha value is -2.22. The molecule has 2 fully saturated rings. The van der Waals surface area contributed by atoms with Gasteiger partial charge in [-0.15, -0.1) is 0 Å². The van der Waals surface area contributed by atoms with Gasteiger partial charge in [0.25, 0.3) is 0 Å². The molecule has 0 atom stereocenters. The van der Waals surface area contributed by atoms with E-state index in [-0.39, 0.29) is 11.8 Å². The number of nitrogens with one attached hydrogen (secondary N) is 2. The number of H-pyrrole nitrogens is 1. The van der Waals surface area contributed by atoms with Gasteiger partial charge in [-0.05, 0) is 36.1 Å². The van der Waals surface area contributed by atoms with Crippen molar-refractivity contribution in [3.63, 3.8) is 0 Å². The van der Waals surface area contributed by atoms with Gasteiger partial charge < -0.3 is 15.0 Å². The molecule has 28 heavy (non-hydrogen) atoms. The number of hydrogen-bond acceptors (Lipinski definition) is 5. The summed E-state index contributed by atoms with van der Waals surface area (Å²) in [5.41, 5.74) is 3.32. The average Bonchev–Trinajstić information content (AvgIpc) is 3.28. The number of amides is 1. The quantitative estimate of drug-likeness (QED) is 0.800. The van der Waals surface area contributed by atoms with Gasteiger partial charge in [-0.3, -0.25) is 14.6 Å². The number of nitrogens with zero attached hydrogens (tertiary/aromatic N) is 3. The number of aromatic nitrogens is 2. The molecule has 1 saturated carbocycles. The zero-order chi connectivity index (χ0) is 18.9. The standard InChI is InChI=1S/C21H27N5O2/c27-21(15-1-2-15)24-19-13-18(17-3-5-22-20(17)23-19)16-4-6-26(14-16)8-7-25-9-11-28-12-10-25/h3-5,13,15H,1-2,6-12,14H2,(H2,22,23,24,27). The van der Waals surface area contributed by atoms with Crippen LogP contribution in [0.4, 0.5) is 5.82 Å². The van der Waals surface area contributed by atoms with Crippen molar-refractivity contribution in [1.29, 1.82) is 0 Å². The van der Waals surface area contributed by atoms with Gasteiger partial charge in [0.15, 0.2) is 0 Å². The predicted octanol–water partition coefficient (Wildman–Crippen LogP) is 1.94. The lowest BCUT2D eigenvalue weighted by molar-refractivity contribution is -0.117. The molecule has 148 valence electrons. The van der Waals surface area contributed by atoms with Crippen LogP contribution in [-0.4, -0.2) is 78.2 Å². The van der Waals surface area contributed by atoms with Gasteiger partial charge in [0, 0.05) is 56.8 Å². The van der Waals surface area contributed by atoms with Gasteiger partial charge in [-0.2, -0.15) is 0 Å². The predicted molar refractivity (Wildman–Crippen MR) is 109 cm³/mol. The first-order valence-corrected chi connectivity index (χ1v) is 10.3. The third kappa shape index (κ3) is 3.83. The van der Waals surface area contributed by atoms with E-state index >= 15 is 0 Å². The van der Waals surface area contributed by atoms with Gasteiger partial charge in [0.1, 0.15) is 11.5 Å². The van der Waals surface area contributed by atoms with E-state index in [1.165, 1.54) is 11.1 Å². The van der Waals surface area contributed by atoms with Crippen LogP contribution in [0.25, 0.3) is 16.6 Å². The molecule has 2 aliphatic heterocycles. The van der Waals surface area contributed by atoms with Crippen molar-refractivity contribution in [3.8, 4) is 0 Å². The molecule has 1 saturated heterocycles. The molecule has 0 aromatic carbocycles. The topological polar surface area (TPSA) is 73.5 Å². The van der Waals surface area contributed by atoms with Crippen molar-refractivity contribution in [2.45, 2.75) is 12.8 Å². The fourth-order valence-electron chi connectivity index (χ4n) is 4.02. The molecule has 2 aromatic rings. The van der Waals surface area contributed by atoms with Gasteiger partial charge in [-0.1, -0.05) is 6.08 Å². The van der Waals surface area contributed by atoms with Crippen molar-refractivity contribution in [2.75, 3.05) is 57.8 Å². The maximum atomic E-state index is 12.2. The second kappa shape index (κ2) is 7.66. The summed E-state index contributed by atoms with van der Waals surface area (Å²) >= 11 is 0. The minimum absolute atomic E-state index is 0.0943. The summed E-state index contributed by atoms with van der Waals surface area (Å²) in [5, 5.41) is 4.12. The second-order valence-corrected chi connectivity index (χ2v) is 7.98. The Bertz CT molecular complexity index is 895. The first-order valence-electron chi connectivity index (χ1n) is 10.3. The van der Waals surface area contributed by atoms with Gasteiger partial charge in [0.05, 0.1) is 13.2 Å². The molecule has 2 N–H and O–H groups in total. The molecule has 7 nitrogen and oxygen atoms in total. The number of fused-ring (bicyclic) bond motifs is 1. The van der Waals surface area contributed by atoms with E-state index in [9.17, 15) is 4.79 Å². The van der Waals surface area contributed by atoms with Crippen LogP contribution in [0.5, 0.6) is 0 Å². The van der Waals surface area contributed by atoms with Gasteiger partial charge >= 0.3 is 0 Å². The fourth-order valence-corrected chi connectivity index (χ4v) is 4.02. The molecule has 7 heteroatoms. The number of carbonyl (C=O) groups is 1. The number of anilines is 1. The highest BCUT2D eigenvalue weighted by atomic mass is 16.5. The average molecular weight is 381 g/mol. The maximum Gasteiger partial charge on any atom is 0.228 e. The molecule has 1 aliphatic carbocycles. The minimum Gasteiger partial charge on any atom is -0.379 e. The lowest BCUT2D eigenvalue weighted by Crippen LogP contribution is -2.41. The maximum absolute atomic E-state index is 12.2. The second-order valence-electron chi connectivity index (χ2n) is 7.98. The van der Waals surface area contributed by atoms with Gasteiger partial charge in [-0.25, -0.2) is 4.98 Å². The number of carbonyl (C=O) groups excluding carboxylic acids is 1. The molecular formula is C21H27N5O2. The molecule has 2 aromatic heterocycles. The Balaban J connectivity index is 1.28. The highest BCUT2D eigenvalue weighted by Gasteiger charge is 2.30. The van der Waals surface area contributed by atoms with E-state index in [1.54, 1.807) is 0 Å². The molecular weight excluding hydrogens is 354 g/mol. The van der Waals surface area contributed by atoms with Crippen LogP contribution in [0.3, 0.4) is 0 Å². The van der Waals surface area contributed by atoms with Crippen LogP contribution in [0.2, 0.25) is 0 Å². The smallest absolute Gasteiger partial charge is 0.228 e. The number of morpholine rings is 1. The van der Waals surface area contributed by atoms with Crippen molar-refractivity contribution in [3.05, 3.63) is 30.0 Å². The van der Waals surface area contributed by atoms with Crippen LogP contribution in [0, 0.1) is 5.92 Å². The van der Waals surface area contributed by atoms with Gasteiger partial charge in [0.2, 0.25) is 5.91 Å². The molecule has 0 unspecified atom stereocenters. The summed E-state index contributed by atoms with van der Waals surface area (Å²) in [6, 6.07) is 4.11. The van der Waals surface area contributed by atoms with E-state index in [0.717, 1.165) is 76.4 Å². The highest BCUT2D eigenvalue weighted by molar-refractivity contribution is 5.97. The first kappa shape index (κ1) is 17.8. The zero-order valence-corrected chi connectivity index (χ0v) is 16.1. The fraction of sp³-hybridized carbons (Fsp3) is 0.524. The van der Waals surface area contributed by atoms with E-state index in [2.05, 4.69) is 37.2 Å². The van der Waals surface area contributed by atoms with E-state index in [0.29, 0.717) is 5.82 Å². The summed E-state index contributed by atoms with van der Waals surface area (Å²) in [6.07, 6.45) is 6.21. The third-order valence-electron chi connectivity index (χ3n) is 5.90. The Morgan fingerprint density at radius 3 is 2.89 bits per heavy atom.